The number of unbranched alkanes of at least 4 members (excludes halogenated alkanes) is 8. The summed E-state index contributed by atoms with van der Waals surface area (Å²) in [6.45, 7) is 6.07. The van der Waals surface area contributed by atoms with E-state index < -0.39 is 12.1 Å². The third kappa shape index (κ3) is 49.5. The quantitative estimate of drug-likeness (QED) is 0.0200. The summed E-state index contributed by atoms with van der Waals surface area (Å²) >= 11 is 0. The number of carbonyl (C=O) groups excluding carboxylic acids is 3. The number of hydrogen-bond donors (Lipinski definition) is 0. The predicted molar refractivity (Wildman–Crippen MR) is 283 cm³/mol. The van der Waals surface area contributed by atoms with Crippen molar-refractivity contribution in [3.63, 3.8) is 0 Å². The summed E-state index contributed by atoms with van der Waals surface area (Å²) in [4.78, 5) is 38.0. The van der Waals surface area contributed by atoms with Gasteiger partial charge in [0.2, 0.25) is 0 Å². The van der Waals surface area contributed by atoms with Crippen LogP contribution in [0.25, 0.3) is 0 Å². The van der Waals surface area contributed by atoms with Gasteiger partial charge >= 0.3 is 17.9 Å². The first-order chi connectivity index (χ1) is 32.5. The molecule has 0 saturated heterocycles. The summed E-state index contributed by atoms with van der Waals surface area (Å²) < 4.78 is 16.6. The maximum absolute atomic E-state index is 12.8. The molecule has 6 nitrogen and oxygen atoms in total. The Morgan fingerprint density at radius 1 is 0.318 bits per heavy atom. The first-order valence-electron chi connectivity index (χ1n) is 24.9. The lowest BCUT2D eigenvalue weighted by Crippen LogP contribution is -2.30. The highest BCUT2D eigenvalue weighted by molar-refractivity contribution is 5.71. The molecule has 6 heteroatoms. The van der Waals surface area contributed by atoms with Crippen LogP contribution in [0.15, 0.2) is 182 Å². The van der Waals surface area contributed by atoms with Gasteiger partial charge < -0.3 is 14.2 Å². The molecule has 0 bridgehead atoms. The van der Waals surface area contributed by atoms with Crippen molar-refractivity contribution < 1.29 is 28.6 Å². The summed E-state index contributed by atoms with van der Waals surface area (Å²) in [7, 11) is 0. The lowest BCUT2D eigenvalue weighted by atomic mass is 10.1. The highest BCUT2D eigenvalue weighted by Gasteiger charge is 2.19. The number of allylic oxidation sites excluding steroid dienone is 30. The minimum absolute atomic E-state index is 0.146. The van der Waals surface area contributed by atoms with E-state index in [9.17, 15) is 14.4 Å². The lowest BCUT2D eigenvalue weighted by Gasteiger charge is -2.18. The van der Waals surface area contributed by atoms with Crippen molar-refractivity contribution in [2.75, 3.05) is 13.2 Å². The van der Waals surface area contributed by atoms with Crippen molar-refractivity contribution in [2.45, 2.75) is 162 Å². The van der Waals surface area contributed by atoms with Crippen LogP contribution in [-0.4, -0.2) is 37.2 Å². The second-order valence-corrected chi connectivity index (χ2v) is 15.5. The molecule has 0 aliphatic rings. The van der Waals surface area contributed by atoms with E-state index in [4.69, 9.17) is 14.2 Å². The second kappa shape index (κ2) is 52.1. The molecule has 66 heavy (non-hydrogen) atoms. The first kappa shape index (κ1) is 60.5. The van der Waals surface area contributed by atoms with Gasteiger partial charge in [0.15, 0.2) is 6.10 Å². The van der Waals surface area contributed by atoms with Crippen LogP contribution in [0.1, 0.15) is 156 Å². The highest BCUT2D eigenvalue weighted by atomic mass is 16.6. The Kier molecular flexibility index (Phi) is 47.8. The molecule has 0 aromatic rings. The van der Waals surface area contributed by atoms with Crippen molar-refractivity contribution >= 4 is 17.9 Å². The molecule has 0 aromatic heterocycles. The van der Waals surface area contributed by atoms with Gasteiger partial charge in [0.05, 0.1) is 0 Å². The average Bonchev–Trinajstić information content (AvgIpc) is 3.31. The Morgan fingerprint density at radius 2 is 0.652 bits per heavy atom. The maximum atomic E-state index is 12.8. The summed E-state index contributed by atoms with van der Waals surface area (Å²) in [5.74, 6) is -1.12. The molecular formula is C60H86O6. The van der Waals surface area contributed by atoms with E-state index in [0.717, 1.165) is 103 Å². The van der Waals surface area contributed by atoms with E-state index in [0.29, 0.717) is 19.3 Å². The lowest BCUT2D eigenvalue weighted by molar-refractivity contribution is -0.166. The number of hydrogen-bond acceptors (Lipinski definition) is 6. The van der Waals surface area contributed by atoms with Gasteiger partial charge in [0, 0.05) is 19.3 Å². The molecule has 0 aliphatic heterocycles. The molecule has 0 heterocycles. The molecule has 0 rings (SSSR count). The molecule has 362 valence electrons. The Labute approximate surface area is 402 Å². The van der Waals surface area contributed by atoms with Crippen molar-refractivity contribution in [2.24, 2.45) is 0 Å². The van der Waals surface area contributed by atoms with Crippen LogP contribution < -0.4 is 0 Å². The fraction of sp³-hybridized carbons (Fsp3) is 0.450. The molecule has 0 amide bonds. The molecule has 0 radical (unpaired) electrons. The number of carbonyl (C=O) groups is 3. The summed E-state index contributed by atoms with van der Waals surface area (Å²) in [6, 6.07) is 0. The van der Waals surface area contributed by atoms with Gasteiger partial charge in [-0.3, -0.25) is 14.4 Å². The molecule has 0 N–H and O–H groups in total. The summed E-state index contributed by atoms with van der Waals surface area (Å²) in [5.41, 5.74) is 0. The number of esters is 3. The molecule has 1 atom stereocenters. The standard InChI is InChI=1S/C60H86O6/c1-4-7-10-13-16-19-22-25-28-30-33-35-38-41-44-47-50-53-59(62)65-56-57(55-64-58(61)52-49-46-43-40-37-34-31-27-24-21-18-15-12-9-6-3)66-60(63)54-51-48-45-42-39-36-32-29-26-23-20-17-14-11-8-5-2/h7-13,15-22,24-31,33,35-36,38-39,45,48,57H,4-6,14,23,32,34,37,40-44,46-47,49-56H2,1-3H3/b10-7-,11-8-,12-9-,16-13-,18-15-,20-17-,22-19-,24-21-,28-25-,29-26-,31-27-,33-30+,38-35-,39-36-,48-45-. The van der Waals surface area contributed by atoms with E-state index in [1.54, 1.807) is 0 Å². The van der Waals surface area contributed by atoms with Crippen LogP contribution in [0.5, 0.6) is 0 Å². The fourth-order valence-corrected chi connectivity index (χ4v) is 5.77. The molecule has 0 aliphatic carbocycles. The van der Waals surface area contributed by atoms with E-state index in [-0.39, 0.29) is 38.0 Å². The van der Waals surface area contributed by atoms with Crippen LogP contribution in [0.4, 0.5) is 0 Å². The molecule has 0 spiro atoms. The van der Waals surface area contributed by atoms with Crippen LogP contribution in [0, 0.1) is 0 Å². The summed E-state index contributed by atoms with van der Waals surface area (Å²) in [5, 5.41) is 0. The molecule has 0 saturated carbocycles. The van der Waals surface area contributed by atoms with E-state index in [2.05, 4.69) is 106 Å². The van der Waals surface area contributed by atoms with Crippen molar-refractivity contribution in [1.29, 1.82) is 0 Å². The normalized spacial score (nSPS) is 13.7. The highest BCUT2D eigenvalue weighted by Crippen LogP contribution is 2.11. The Bertz CT molecular complexity index is 1650. The zero-order chi connectivity index (χ0) is 47.9. The minimum atomic E-state index is -0.857. The smallest absolute Gasteiger partial charge is 0.306 e. The van der Waals surface area contributed by atoms with Crippen LogP contribution in [0.3, 0.4) is 0 Å². The molecular weight excluding hydrogens is 817 g/mol. The largest absolute Gasteiger partial charge is 0.462 e. The van der Waals surface area contributed by atoms with E-state index in [1.165, 1.54) is 0 Å². The molecule has 0 fully saturated rings. The third-order valence-corrected chi connectivity index (χ3v) is 9.41. The Morgan fingerprint density at radius 3 is 1.08 bits per heavy atom. The number of rotatable bonds is 41. The van der Waals surface area contributed by atoms with Crippen molar-refractivity contribution in [3.05, 3.63) is 182 Å². The molecule has 0 aromatic carbocycles. The fourth-order valence-electron chi connectivity index (χ4n) is 5.77. The molecule has 1 unspecified atom stereocenters. The second-order valence-electron chi connectivity index (χ2n) is 15.5. The Balaban J connectivity index is 4.69. The SMILES string of the molecule is CC\C=C/C=C\C=C/C=C\C=C\C=C/CCCCCC(=O)OCC(COC(=O)CCCCCCC\C=C/C=C\C=C/C=C\CC)OC(=O)CC/C=C\C/C=C\C/C=C\C/C=C\C/C=C\CC. The maximum Gasteiger partial charge on any atom is 0.306 e. The minimum Gasteiger partial charge on any atom is -0.462 e. The monoisotopic (exact) mass is 903 g/mol. The van der Waals surface area contributed by atoms with Gasteiger partial charge in [0.25, 0.3) is 0 Å². The van der Waals surface area contributed by atoms with Gasteiger partial charge in [-0.05, 0) is 89.9 Å². The van der Waals surface area contributed by atoms with Crippen molar-refractivity contribution in [1.82, 2.24) is 0 Å². The summed E-state index contributed by atoms with van der Waals surface area (Å²) in [6.07, 6.45) is 78.8. The van der Waals surface area contributed by atoms with Gasteiger partial charge in [-0.1, -0.05) is 229 Å². The first-order valence-corrected chi connectivity index (χ1v) is 24.9. The Hall–Kier alpha value is -5.49. The van der Waals surface area contributed by atoms with Gasteiger partial charge in [0.1, 0.15) is 13.2 Å². The predicted octanol–water partition coefficient (Wildman–Crippen LogP) is 16.6. The van der Waals surface area contributed by atoms with Crippen LogP contribution >= 0.6 is 0 Å². The zero-order valence-electron chi connectivity index (χ0n) is 41.1. The number of ether oxygens (including phenoxy) is 3. The van der Waals surface area contributed by atoms with Gasteiger partial charge in [-0.25, -0.2) is 0 Å². The van der Waals surface area contributed by atoms with Crippen LogP contribution in [0.2, 0.25) is 0 Å². The van der Waals surface area contributed by atoms with Gasteiger partial charge in [-0.15, -0.1) is 0 Å². The van der Waals surface area contributed by atoms with E-state index in [1.807, 2.05) is 97.2 Å². The average molecular weight is 903 g/mol. The van der Waals surface area contributed by atoms with E-state index >= 15 is 0 Å². The topological polar surface area (TPSA) is 78.9 Å². The zero-order valence-corrected chi connectivity index (χ0v) is 41.1. The van der Waals surface area contributed by atoms with Gasteiger partial charge in [-0.2, -0.15) is 0 Å². The van der Waals surface area contributed by atoms with Crippen molar-refractivity contribution in [3.8, 4) is 0 Å². The third-order valence-electron chi connectivity index (χ3n) is 9.41. The van der Waals surface area contributed by atoms with Crippen LogP contribution in [-0.2, 0) is 28.6 Å².